The quantitative estimate of drug-likeness (QED) is 0.878. The van der Waals surface area contributed by atoms with E-state index in [1.807, 2.05) is 19.2 Å². The zero-order valence-corrected chi connectivity index (χ0v) is 12.4. The molecule has 0 spiro atoms. The number of anilines is 1. The van der Waals surface area contributed by atoms with E-state index in [-0.39, 0.29) is 5.75 Å². The van der Waals surface area contributed by atoms with Crippen LogP contribution in [-0.4, -0.2) is 32.4 Å². The van der Waals surface area contributed by atoms with Crippen molar-refractivity contribution in [3.05, 3.63) is 29.8 Å². The van der Waals surface area contributed by atoms with Crippen LogP contribution in [0.25, 0.3) is 0 Å². The first kappa shape index (κ1) is 15.0. The molecular formula is C14H20N2O3S. The van der Waals surface area contributed by atoms with E-state index in [9.17, 15) is 13.2 Å². The van der Waals surface area contributed by atoms with E-state index in [1.54, 1.807) is 12.1 Å². The summed E-state index contributed by atoms with van der Waals surface area (Å²) in [6.07, 6.45) is 1.87. The molecule has 0 saturated carbocycles. The van der Waals surface area contributed by atoms with Crippen LogP contribution in [0, 0.1) is 0 Å². The lowest BCUT2D eigenvalue weighted by Gasteiger charge is -2.21. The van der Waals surface area contributed by atoms with E-state index in [1.165, 1.54) is 0 Å². The molecule has 1 saturated heterocycles. The fourth-order valence-corrected chi connectivity index (χ4v) is 4.18. The van der Waals surface area contributed by atoms with Crippen LogP contribution in [0.15, 0.2) is 24.3 Å². The van der Waals surface area contributed by atoms with Gasteiger partial charge in [0.25, 0.3) is 0 Å². The maximum absolute atomic E-state index is 12.1. The summed E-state index contributed by atoms with van der Waals surface area (Å²) in [5.41, 5.74) is 1.74. The van der Waals surface area contributed by atoms with Crippen molar-refractivity contribution in [2.75, 3.05) is 18.1 Å². The van der Waals surface area contributed by atoms with Crippen molar-refractivity contribution in [2.24, 2.45) is 0 Å². The van der Waals surface area contributed by atoms with Gasteiger partial charge in [0.2, 0.25) is 5.91 Å². The van der Waals surface area contributed by atoms with Gasteiger partial charge in [-0.15, -0.1) is 0 Å². The molecule has 1 atom stereocenters. The molecule has 1 amide bonds. The van der Waals surface area contributed by atoms with Crippen molar-refractivity contribution in [2.45, 2.75) is 31.1 Å². The van der Waals surface area contributed by atoms with E-state index in [2.05, 4.69) is 10.6 Å². The second kappa shape index (κ2) is 6.37. The fourth-order valence-electron chi connectivity index (χ4n) is 2.38. The zero-order chi connectivity index (χ0) is 14.6. The van der Waals surface area contributed by atoms with Crippen LogP contribution in [0.3, 0.4) is 0 Å². The summed E-state index contributed by atoms with van der Waals surface area (Å²) < 4.78 is 23.8. The van der Waals surface area contributed by atoms with Gasteiger partial charge in [0, 0.05) is 12.2 Å². The van der Waals surface area contributed by atoms with Crippen molar-refractivity contribution < 1.29 is 13.2 Å². The molecule has 5 nitrogen and oxygen atoms in total. The molecule has 1 unspecified atom stereocenters. The summed E-state index contributed by atoms with van der Waals surface area (Å²) in [7, 11) is -1.42. The SMILES string of the molecule is CNCc1ccc(NC(=O)C2CCCCS2(=O)=O)cc1. The number of hydrogen-bond donors (Lipinski definition) is 2. The summed E-state index contributed by atoms with van der Waals surface area (Å²) >= 11 is 0. The molecule has 2 N–H and O–H groups in total. The number of rotatable bonds is 4. The first-order chi connectivity index (χ1) is 9.53. The molecule has 1 fully saturated rings. The number of amides is 1. The standard InChI is InChI=1S/C14H20N2O3S/c1-15-10-11-5-7-12(8-6-11)16-14(17)13-4-2-3-9-20(13,18)19/h5-8,13,15H,2-4,9-10H2,1H3,(H,16,17). The Morgan fingerprint density at radius 3 is 2.55 bits per heavy atom. The minimum atomic E-state index is -3.28. The Hall–Kier alpha value is -1.40. The van der Waals surface area contributed by atoms with Crippen molar-refractivity contribution >= 4 is 21.4 Å². The lowest BCUT2D eigenvalue weighted by atomic mass is 10.1. The van der Waals surface area contributed by atoms with Crippen LogP contribution in [0.2, 0.25) is 0 Å². The van der Waals surface area contributed by atoms with Crippen LogP contribution < -0.4 is 10.6 Å². The van der Waals surface area contributed by atoms with Gasteiger partial charge in [-0.2, -0.15) is 0 Å². The minimum Gasteiger partial charge on any atom is -0.325 e. The van der Waals surface area contributed by atoms with Gasteiger partial charge in [0.15, 0.2) is 9.84 Å². The molecule has 1 aliphatic rings. The van der Waals surface area contributed by atoms with E-state index >= 15 is 0 Å². The Morgan fingerprint density at radius 1 is 1.25 bits per heavy atom. The highest BCUT2D eigenvalue weighted by Gasteiger charge is 2.34. The summed E-state index contributed by atoms with van der Waals surface area (Å²) in [6, 6.07) is 7.39. The fraction of sp³-hybridized carbons (Fsp3) is 0.500. The van der Waals surface area contributed by atoms with Crippen molar-refractivity contribution in [1.82, 2.24) is 5.32 Å². The number of benzene rings is 1. The summed E-state index contributed by atoms with van der Waals surface area (Å²) in [4.78, 5) is 12.1. The third-order valence-electron chi connectivity index (χ3n) is 3.47. The average molecular weight is 296 g/mol. The smallest absolute Gasteiger partial charge is 0.242 e. The molecule has 1 aromatic rings. The maximum Gasteiger partial charge on any atom is 0.242 e. The van der Waals surface area contributed by atoms with E-state index in [0.29, 0.717) is 18.5 Å². The summed E-state index contributed by atoms with van der Waals surface area (Å²) in [6.45, 7) is 0.755. The molecule has 0 aromatic heterocycles. The highest BCUT2D eigenvalue weighted by atomic mass is 32.2. The van der Waals surface area contributed by atoms with Gasteiger partial charge >= 0.3 is 0 Å². The number of nitrogens with one attached hydrogen (secondary N) is 2. The molecular weight excluding hydrogens is 276 g/mol. The molecule has 1 aromatic carbocycles. The Kier molecular flexibility index (Phi) is 4.77. The van der Waals surface area contributed by atoms with E-state index in [4.69, 9.17) is 0 Å². The van der Waals surface area contributed by atoms with E-state index < -0.39 is 21.0 Å². The molecule has 20 heavy (non-hydrogen) atoms. The number of carbonyl (C=O) groups excluding carboxylic acids is 1. The predicted octanol–water partition coefficient (Wildman–Crippen LogP) is 1.31. The van der Waals surface area contributed by atoms with Crippen molar-refractivity contribution in [3.8, 4) is 0 Å². The minimum absolute atomic E-state index is 0.117. The van der Waals surface area contributed by atoms with Gasteiger partial charge in [0.05, 0.1) is 5.75 Å². The maximum atomic E-state index is 12.1. The van der Waals surface area contributed by atoms with Crippen molar-refractivity contribution in [1.29, 1.82) is 0 Å². The van der Waals surface area contributed by atoms with Crippen molar-refractivity contribution in [3.63, 3.8) is 0 Å². The monoisotopic (exact) mass is 296 g/mol. The van der Waals surface area contributed by atoms with Crippen LogP contribution in [0.1, 0.15) is 24.8 Å². The first-order valence-corrected chi connectivity index (χ1v) is 8.50. The van der Waals surface area contributed by atoms with Crippen LogP contribution >= 0.6 is 0 Å². The molecule has 6 heteroatoms. The first-order valence-electron chi connectivity index (χ1n) is 6.79. The molecule has 1 heterocycles. The second-order valence-electron chi connectivity index (χ2n) is 5.07. The lowest BCUT2D eigenvalue weighted by Crippen LogP contribution is -2.39. The van der Waals surface area contributed by atoms with Crippen LogP contribution in [0.4, 0.5) is 5.69 Å². The van der Waals surface area contributed by atoms with Gasteiger partial charge < -0.3 is 10.6 Å². The lowest BCUT2D eigenvalue weighted by molar-refractivity contribution is -0.116. The predicted molar refractivity (Wildman–Crippen MR) is 79.3 cm³/mol. The van der Waals surface area contributed by atoms with Gasteiger partial charge in [-0.05, 0) is 37.6 Å². The topological polar surface area (TPSA) is 75.3 Å². The number of hydrogen-bond acceptors (Lipinski definition) is 4. The Morgan fingerprint density at radius 2 is 1.95 bits per heavy atom. The average Bonchev–Trinajstić information content (AvgIpc) is 2.40. The Balaban J connectivity index is 2.03. The number of sulfone groups is 1. The number of carbonyl (C=O) groups is 1. The van der Waals surface area contributed by atoms with E-state index in [0.717, 1.165) is 18.5 Å². The normalized spacial score (nSPS) is 21.4. The van der Waals surface area contributed by atoms with Gasteiger partial charge in [0.1, 0.15) is 5.25 Å². The largest absolute Gasteiger partial charge is 0.325 e. The zero-order valence-electron chi connectivity index (χ0n) is 11.6. The Bertz CT molecular complexity index is 567. The molecule has 2 rings (SSSR count). The third kappa shape index (κ3) is 3.58. The van der Waals surface area contributed by atoms with Gasteiger partial charge in [-0.1, -0.05) is 18.6 Å². The highest BCUT2D eigenvalue weighted by Crippen LogP contribution is 2.21. The van der Waals surface area contributed by atoms with Gasteiger partial charge in [-0.25, -0.2) is 8.42 Å². The molecule has 0 bridgehead atoms. The highest BCUT2D eigenvalue weighted by molar-refractivity contribution is 7.92. The summed E-state index contributed by atoms with van der Waals surface area (Å²) in [5, 5.41) is 4.84. The van der Waals surface area contributed by atoms with Gasteiger partial charge in [-0.3, -0.25) is 4.79 Å². The molecule has 110 valence electrons. The summed E-state index contributed by atoms with van der Waals surface area (Å²) in [5.74, 6) is -0.294. The third-order valence-corrected chi connectivity index (χ3v) is 5.65. The Labute approximate surface area is 119 Å². The second-order valence-corrected chi connectivity index (χ2v) is 7.37. The molecule has 0 radical (unpaired) electrons. The van der Waals surface area contributed by atoms with Crippen LogP contribution in [-0.2, 0) is 21.2 Å². The molecule has 0 aliphatic carbocycles. The van der Waals surface area contributed by atoms with Crippen LogP contribution in [0.5, 0.6) is 0 Å². The molecule has 1 aliphatic heterocycles.